The molecule has 0 radical (unpaired) electrons. The number of benzene rings is 2. The van der Waals surface area contributed by atoms with Crippen LogP contribution in [0.3, 0.4) is 0 Å². The van der Waals surface area contributed by atoms with Crippen molar-refractivity contribution in [2.75, 3.05) is 30.0 Å². The number of nitrogens with two attached hydrogens (primary N) is 4. The number of hydrogen-bond acceptors (Lipinski definition) is 7. The maximum atomic E-state index is 5.81. The molecule has 0 fully saturated rings. The summed E-state index contributed by atoms with van der Waals surface area (Å²) in [6.45, 7) is 4.32. The first-order valence-electron chi connectivity index (χ1n) is 9.74. The lowest BCUT2D eigenvalue weighted by molar-refractivity contribution is 0.414. The van der Waals surface area contributed by atoms with Crippen molar-refractivity contribution in [1.82, 2.24) is 19.6 Å². The van der Waals surface area contributed by atoms with Gasteiger partial charge in [0, 0.05) is 0 Å². The zero-order valence-corrected chi connectivity index (χ0v) is 17.9. The lowest BCUT2D eigenvalue weighted by Gasteiger charge is -2.08. The van der Waals surface area contributed by atoms with E-state index < -0.39 is 0 Å². The van der Waals surface area contributed by atoms with Gasteiger partial charge >= 0.3 is 0 Å². The highest BCUT2D eigenvalue weighted by Crippen LogP contribution is 2.22. The number of aromatic nitrogens is 4. The molecule has 0 saturated carbocycles. The molecule has 8 N–H and O–H groups in total. The summed E-state index contributed by atoms with van der Waals surface area (Å²) in [7, 11) is 1.62. The van der Waals surface area contributed by atoms with Gasteiger partial charge in [0.25, 0.3) is 0 Å². The number of ether oxygens (including phenoxy) is 1. The van der Waals surface area contributed by atoms with Gasteiger partial charge in [-0.05, 0) is 47.9 Å². The summed E-state index contributed by atoms with van der Waals surface area (Å²) in [5.74, 6) is 2.24. The largest absolute Gasteiger partial charge is 0.497 e. The zero-order valence-electron chi connectivity index (χ0n) is 17.9. The van der Waals surface area contributed by atoms with Gasteiger partial charge in [-0.15, -0.1) is 0 Å². The van der Waals surface area contributed by atoms with Crippen LogP contribution in [0.25, 0.3) is 11.4 Å². The van der Waals surface area contributed by atoms with Gasteiger partial charge in [-0.1, -0.05) is 26.0 Å². The average molecular weight is 421 g/mol. The molecular formula is C22H28N8O. The average Bonchev–Trinajstić information content (AvgIpc) is 3.30. The minimum absolute atomic E-state index is 0.445. The molecule has 9 heteroatoms. The number of hydrogen-bond donors (Lipinski definition) is 4. The van der Waals surface area contributed by atoms with E-state index in [0.717, 1.165) is 17.1 Å². The molecule has 0 atom stereocenters. The van der Waals surface area contributed by atoms with E-state index in [-0.39, 0.29) is 0 Å². The molecule has 2 aromatic heterocycles. The molecule has 0 saturated heterocycles. The molecular weight excluding hydrogens is 392 g/mol. The Morgan fingerprint density at radius 1 is 0.710 bits per heavy atom. The standard InChI is InChI=1S/C12H16N4.C10H12N4O/c1-8(2)9-3-5-10(6-4-9)16-12(14)11(13)7-15-16;1-15-8-4-2-7(3-5-8)14-10(12)9(11)6-13-14/h3-8H,13-14H2,1-2H3;2-6H,11-12H2,1H3. The van der Waals surface area contributed by atoms with Crippen LogP contribution in [0.1, 0.15) is 25.3 Å². The van der Waals surface area contributed by atoms with Crippen LogP contribution in [-0.2, 0) is 0 Å². The SMILES string of the molecule is CC(C)c1ccc(-n2ncc(N)c2N)cc1.COc1ccc(-n2ncc(N)c2N)cc1. The van der Waals surface area contributed by atoms with Gasteiger partial charge in [0.2, 0.25) is 0 Å². The van der Waals surface area contributed by atoms with Gasteiger partial charge in [-0.3, -0.25) is 0 Å². The zero-order chi connectivity index (χ0) is 22.5. The van der Waals surface area contributed by atoms with Gasteiger partial charge in [0.15, 0.2) is 0 Å². The fourth-order valence-corrected chi connectivity index (χ4v) is 2.88. The minimum Gasteiger partial charge on any atom is -0.497 e. The number of anilines is 4. The Hall–Kier alpha value is -4.14. The van der Waals surface area contributed by atoms with Gasteiger partial charge in [-0.25, -0.2) is 9.36 Å². The van der Waals surface area contributed by atoms with Crippen LogP contribution in [0, 0.1) is 0 Å². The van der Waals surface area contributed by atoms with Crippen LogP contribution in [0.15, 0.2) is 60.9 Å². The molecule has 31 heavy (non-hydrogen) atoms. The summed E-state index contributed by atoms with van der Waals surface area (Å²) >= 11 is 0. The number of nitrogen functional groups attached to an aromatic ring is 4. The predicted octanol–water partition coefficient (Wildman–Crippen LogP) is 3.21. The van der Waals surface area contributed by atoms with Crippen LogP contribution in [0.2, 0.25) is 0 Å². The molecule has 4 rings (SSSR count). The second-order valence-electron chi connectivity index (χ2n) is 7.24. The predicted molar refractivity (Wildman–Crippen MR) is 125 cm³/mol. The third kappa shape index (κ3) is 4.72. The quantitative estimate of drug-likeness (QED) is 0.396. The molecule has 4 aromatic rings. The Morgan fingerprint density at radius 3 is 1.45 bits per heavy atom. The van der Waals surface area contributed by atoms with Gasteiger partial charge in [0.05, 0.1) is 42.3 Å². The van der Waals surface area contributed by atoms with Crippen molar-refractivity contribution in [3.05, 3.63) is 66.5 Å². The lowest BCUT2D eigenvalue weighted by Crippen LogP contribution is -2.03. The van der Waals surface area contributed by atoms with Gasteiger partial charge < -0.3 is 27.7 Å². The van der Waals surface area contributed by atoms with Gasteiger partial charge in [0.1, 0.15) is 17.4 Å². The summed E-state index contributed by atoms with van der Waals surface area (Å²) < 4.78 is 8.27. The maximum absolute atomic E-state index is 5.81. The maximum Gasteiger partial charge on any atom is 0.150 e. The number of methoxy groups -OCH3 is 1. The van der Waals surface area contributed by atoms with Crippen LogP contribution in [0.5, 0.6) is 5.75 Å². The third-order valence-electron chi connectivity index (χ3n) is 4.79. The van der Waals surface area contributed by atoms with Crippen molar-refractivity contribution in [1.29, 1.82) is 0 Å². The van der Waals surface area contributed by atoms with Gasteiger partial charge in [-0.2, -0.15) is 10.2 Å². The molecule has 2 heterocycles. The van der Waals surface area contributed by atoms with E-state index in [2.05, 4.69) is 36.2 Å². The Balaban J connectivity index is 0.000000176. The molecule has 0 aliphatic heterocycles. The second-order valence-corrected chi connectivity index (χ2v) is 7.24. The van der Waals surface area contributed by atoms with Crippen molar-refractivity contribution >= 4 is 23.0 Å². The summed E-state index contributed by atoms with van der Waals surface area (Å²) in [5.41, 5.74) is 26.9. The molecule has 0 unspecified atom stereocenters. The Morgan fingerprint density at radius 2 is 1.13 bits per heavy atom. The van der Waals surface area contributed by atoms with Crippen molar-refractivity contribution in [3.63, 3.8) is 0 Å². The summed E-state index contributed by atoms with van der Waals surface area (Å²) in [5, 5.41) is 8.19. The molecule has 9 nitrogen and oxygen atoms in total. The molecule has 0 aliphatic carbocycles. The highest BCUT2D eigenvalue weighted by molar-refractivity contribution is 5.61. The Labute approximate surface area is 181 Å². The minimum atomic E-state index is 0.445. The number of nitrogens with zero attached hydrogens (tertiary/aromatic N) is 4. The second kappa shape index (κ2) is 9.12. The molecule has 0 amide bonds. The van der Waals surface area contributed by atoms with Crippen LogP contribution >= 0.6 is 0 Å². The Bertz CT molecular complexity index is 1130. The van der Waals surface area contributed by atoms with Crippen LogP contribution in [0.4, 0.5) is 23.0 Å². The van der Waals surface area contributed by atoms with Crippen LogP contribution in [-0.4, -0.2) is 26.7 Å². The highest BCUT2D eigenvalue weighted by Gasteiger charge is 2.07. The summed E-state index contributed by atoms with van der Waals surface area (Å²) in [6, 6.07) is 15.6. The molecule has 0 aliphatic rings. The fourth-order valence-electron chi connectivity index (χ4n) is 2.88. The monoisotopic (exact) mass is 420 g/mol. The molecule has 2 aromatic carbocycles. The summed E-state index contributed by atoms with van der Waals surface area (Å²) in [4.78, 5) is 0. The fraction of sp³-hybridized carbons (Fsp3) is 0.182. The van der Waals surface area contributed by atoms with E-state index in [4.69, 9.17) is 27.7 Å². The van der Waals surface area contributed by atoms with Crippen molar-refractivity contribution in [2.24, 2.45) is 0 Å². The van der Waals surface area contributed by atoms with Crippen molar-refractivity contribution < 1.29 is 4.74 Å². The van der Waals surface area contributed by atoms with E-state index in [9.17, 15) is 0 Å². The first-order chi connectivity index (χ1) is 14.8. The highest BCUT2D eigenvalue weighted by atomic mass is 16.5. The van der Waals surface area contributed by atoms with Crippen LogP contribution < -0.4 is 27.7 Å². The molecule has 0 bridgehead atoms. The first-order valence-corrected chi connectivity index (χ1v) is 9.74. The van der Waals surface area contributed by atoms with E-state index in [1.54, 1.807) is 22.7 Å². The normalized spacial score (nSPS) is 10.6. The number of rotatable bonds is 4. The van der Waals surface area contributed by atoms with E-state index in [0.29, 0.717) is 28.9 Å². The lowest BCUT2D eigenvalue weighted by atomic mass is 10.0. The molecule has 0 spiro atoms. The topological polar surface area (TPSA) is 149 Å². The van der Waals surface area contributed by atoms with E-state index in [1.165, 1.54) is 11.8 Å². The Kier molecular flexibility index (Phi) is 6.35. The summed E-state index contributed by atoms with van der Waals surface area (Å²) in [6.07, 6.45) is 3.09. The smallest absolute Gasteiger partial charge is 0.150 e. The molecule has 162 valence electrons. The van der Waals surface area contributed by atoms with E-state index in [1.807, 2.05) is 36.4 Å². The van der Waals surface area contributed by atoms with Crippen molar-refractivity contribution in [3.8, 4) is 17.1 Å². The third-order valence-corrected chi connectivity index (χ3v) is 4.79. The van der Waals surface area contributed by atoms with E-state index >= 15 is 0 Å². The van der Waals surface area contributed by atoms with Crippen molar-refractivity contribution in [2.45, 2.75) is 19.8 Å². The first kappa shape index (κ1) is 21.6.